The molecule has 2 nitrogen and oxygen atoms in total. The number of nitrogens with two attached hydrogens (primary N) is 1. The Bertz CT molecular complexity index is 580. The van der Waals surface area contributed by atoms with E-state index in [2.05, 4.69) is 27.9 Å². The molecular weight excluding hydrogens is 248 g/mol. The third-order valence-corrected chi connectivity index (χ3v) is 4.56. The van der Waals surface area contributed by atoms with Gasteiger partial charge in [-0.15, -0.1) is 11.3 Å². The Labute approximate surface area is 108 Å². The highest BCUT2D eigenvalue weighted by atomic mass is 32.1. The van der Waals surface area contributed by atoms with E-state index >= 15 is 0 Å². The monoisotopic (exact) mass is 260 g/mol. The van der Waals surface area contributed by atoms with E-state index in [9.17, 15) is 0 Å². The smallest absolute Gasteiger partial charge is 0.111 e. The van der Waals surface area contributed by atoms with Crippen molar-refractivity contribution in [1.82, 2.24) is 4.98 Å². The van der Waals surface area contributed by atoms with Crippen LogP contribution in [0.15, 0.2) is 41.1 Å². The minimum atomic E-state index is 0.00185. The van der Waals surface area contributed by atoms with Gasteiger partial charge < -0.3 is 5.73 Å². The molecule has 0 fully saturated rings. The average molecular weight is 260 g/mol. The minimum absolute atomic E-state index is 0.00185. The maximum Gasteiger partial charge on any atom is 0.111 e. The van der Waals surface area contributed by atoms with E-state index in [0.29, 0.717) is 0 Å². The average Bonchev–Trinajstić information content (AvgIpc) is 2.96. The van der Waals surface area contributed by atoms with Crippen molar-refractivity contribution in [2.24, 2.45) is 5.73 Å². The molecule has 2 N–H and O–H groups in total. The molecule has 0 aliphatic carbocycles. The second-order valence-electron chi connectivity index (χ2n) is 3.96. The highest BCUT2D eigenvalue weighted by Crippen LogP contribution is 2.27. The number of nitrogens with zero attached hydrogens (tertiary/aromatic N) is 1. The van der Waals surface area contributed by atoms with E-state index in [1.165, 1.54) is 10.3 Å². The summed E-state index contributed by atoms with van der Waals surface area (Å²) >= 11 is 3.40. The van der Waals surface area contributed by atoms with Gasteiger partial charge in [-0.3, -0.25) is 0 Å². The second-order valence-corrected chi connectivity index (χ2v) is 5.80. The van der Waals surface area contributed by atoms with Crippen LogP contribution in [0.25, 0.3) is 10.2 Å². The zero-order valence-corrected chi connectivity index (χ0v) is 10.8. The quantitative estimate of drug-likeness (QED) is 0.781. The van der Waals surface area contributed by atoms with E-state index in [1.54, 1.807) is 22.7 Å². The van der Waals surface area contributed by atoms with Crippen LogP contribution in [0.3, 0.4) is 0 Å². The topological polar surface area (TPSA) is 38.9 Å². The zero-order valence-electron chi connectivity index (χ0n) is 9.17. The first-order valence-corrected chi connectivity index (χ1v) is 7.21. The summed E-state index contributed by atoms with van der Waals surface area (Å²) in [6.07, 6.45) is 0.864. The van der Waals surface area contributed by atoms with Gasteiger partial charge in [0.1, 0.15) is 5.01 Å². The molecule has 3 aromatic rings. The predicted octanol–water partition coefficient (Wildman–Crippen LogP) is 3.60. The van der Waals surface area contributed by atoms with E-state index in [-0.39, 0.29) is 6.04 Å². The number of hydrogen-bond acceptors (Lipinski definition) is 4. The lowest BCUT2D eigenvalue weighted by atomic mass is 10.1. The van der Waals surface area contributed by atoms with Crippen LogP contribution in [0, 0.1) is 0 Å². The Hall–Kier alpha value is -1.23. The molecule has 0 bridgehead atoms. The molecule has 0 radical (unpaired) electrons. The molecule has 2 heterocycles. The van der Waals surface area contributed by atoms with Crippen LogP contribution in [0.1, 0.15) is 16.6 Å². The van der Waals surface area contributed by atoms with Gasteiger partial charge in [-0.25, -0.2) is 4.98 Å². The Morgan fingerprint density at radius 1 is 1.24 bits per heavy atom. The fraction of sp³-hybridized carbons (Fsp3) is 0.154. The summed E-state index contributed by atoms with van der Waals surface area (Å²) in [6.45, 7) is 0. The maximum absolute atomic E-state index is 6.20. The number of thiophene rings is 1. The summed E-state index contributed by atoms with van der Waals surface area (Å²) in [4.78, 5) is 4.59. The van der Waals surface area contributed by atoms with Crippen molar-refractivity contribution in [2.45, 2.75) is 12.5 Å². The van der Waals surface area contributed by atoms with Gasteiger partial charge in [-0.1, -0.05) is 12.1 Å². The van der Waals surface area contributed by atoms with Crippen molar-refractivity contribution in [2.75, 3.05) is 0 Å². The van der Waals surface area contributed by atoms with Crippen LogP contribution in [0.2, 0.25) is 0 Å². The summed E-state index contributed by atoms with van der Waals surface area (Å²) in [6, 6.07) is 10.3. The third kappa shape index (κ3) is 2.24. The molecule has 0 aliphatic heterocycles. The molecule has 0 saturated carbocycles. The van der Waals surface area contributed by atoms with Gasteiger partial charge in [0.25, 0.3) is 0 Å². The summed E-state index contributed by atoms with van der Waals surface area (Å²) in [5, 5.41) is 5.26. The molecule has 0 spiro atoms. The summed E-state index contributed by atoms with van der Waals surface area (Å²) in [5.74, 6) is 0. The van der Waals surface area contributed by atoms with Crippen molar-refractivity contribution < 1.29 is 0 Å². The zero-order chi connectivity index (χ0) is 11.7. The number of hydrogen-bond donors (Lipinski definition) is 1. The van der Waals surface area contributed by atoms with Crippen molar-refractivity contribution >= 4 is 32.9 Å². The van der Waals surface area contributed by atoms with Gasteiger partial charge in [0.05, 0.1) is 16.3 Å². The lowest BCUT2D eigenvalue weighted by Crippen LogP contribution is -2.12. The maximum atomic E-state index is 6.20. The number of thiazole rings is 1. The number of fused-ring (bicyclic) bond motifs is 1. The normalized spacial score (nSPS) is 13.0. The van der Waals surface area contributed by atoms with E-state index in [0.717, 1.165) is 16.9 Å². The summed E-state index contributed by atoms with van der Waals surface area (Å²) in [7, 11) is 0. The van der Waals surface area contributed by atoms with Gasteiger partial charge in [0, 0.05) is 0 Å². The molecule has 2 aromatic heterocycles. The van der Waals surface area contributed by atoms with Gasteiger partial charge in [-0.05, 0) is 40.9 Å². The first kappa shape index (κ1) is 10.9. The number of benzene rings is 1. The van der Waals surface area contributed by atoms with Crippen LogP contribution in [-0.2, 0) is 6.42 Å². The minimum Gasteiger partial charge on any atom is -0.322 e. The molecule has 3 rings (SSSR count). The standard InChI is InChI=1S/C13H12N2S2/c14-10(7-9-5-6-16-8-9)13-15-11-3-1-2-4-12(11)17-13/h1-6,8,10H,7,14H2. The van der Waals surface area contributed by atoms with Crippen molar-refractivity contribution in [3.63, 3.8) is 0 Å². The Balaban J connectivity index is 1.88. The first-order chi connectivity index (χ1) is 8.33. The Kier molecular flexibility index (Phi) is 2.93. The van der Waals surface area contributed by atoms with E-state index in [4.69, 9.17) is 5.73 Å². The molecule has 0 amide bonds. The molecule has 1 unspecified atom stereocenters. The van der Waals surface area contributed by atoms with Crippen molar-refractivity contribution in [3.05, 3.63) is 51.7 Å². The van der Waals surface area contributed by atoms with Gasteiger partial charge >= 0.3 is 0 Å². The molecule has 0 saturated heterocycles. The highest BCUT2D eigenvalue weighted by molar-refractivity contribution is 7.18. The molecule has 1 aromatic carbocycles. The largest absolute Gasteiger partial charge is 0.322 e. The molecule has 86 valence electrons. The number of rotatable bonds is 3. The van der Waals surface area contributed by atoms with E-state index in [1.807, 2.05) is 18.2 Å². The highest BCUT2D eigenvalue weighted by Gasteiger charge is 2.12. The van der Waals surface area contributed by atoms with Crippen molar-refractivity contribution in [1.29, 1.82) is 0 Å². The molecule has 17 heavy (non-hydrogen) atoms. The van der Waals surface area contributed by atoms with E-state index < -0.39 is 0 Å². The second kappa shape index (κ2) is 4.56. The van der Waals surface area contributed by atoms with Crippen LogP contribution in [0.5, 0.6) is 0 Å². The predicted molar refractivity (Wildman–Crippen MR) is 74.6 cm³/mol. The lowest BCUT2D eigenvalue weighted by molar-refractivity contribution is 0.719. The van der Waals surface area contributed by atoms with Gasteiger partial charge in [0.15, 0.2) is 0 Å². The summed E-state index contributed by atoms with van der Waals surface area (Å²) in [5.41, 5.74) is 8.55. The van der Waals surface area contributed by atoms with Gasteiger partial charge in [0.2, 0.25) is 0 Å². The van der Waals surface area contributed by atoms with Crippen LogP contribution < -0.4 is 5.73 Å². The summed E-state index contributed by atoms with van der Waals surface area (Å²) < 4.78 is 1.21. The SMILES string of the molecule is NC(Cc1ccsc1)c1nc2ccccc2s1. The third-order valence-electron chi connectivity index (χ3n) is 2.66. The number of para-hydroxylation sites is 1. The molecular formula is C13H12N2S2. The molecule has 1 atom stereocenters. The molecule has 4 heteroatoms. The fourth-order valence-corrected chi connectivity index (χ4v) is 3.45. The van der Waals surface area contributed by atoms with Crippen LogP contribution in [-0.4, -0.2) is 4.98 Å². The van der Waals surface area contributed by atoms with Crippen LogP contribution in [0.4, 0.5) is 0 Å². The fourth-order valence-electron chi connectivity index (χ4n) is 1.80. The van der Waals surface area contributed by atoms with Crippen LogP contribution >= 0.6 is 22.7 Å². The molecule has 0 aliphatic rings. The first-order valence-electron chi connectivity index (χ1n) is 5.45. The number of aromatic nitrogens is 1. The Morgan fingerprint density at radius 3 is 2.88 bits per heavy atom. The van der Waals surface area contributed by atoms with Gasteiger partial charge in [-0.2, -0.15) is 11.3 Å². The Morgan fingerprint density at radius 2 is 2.12 bits per heavy atom. The lowest BCUT2D eigenvalue weighted by Gasteiger charge is -2.05. The van der Waals surface area contributed by atoms with Crippen molar-refractivity contribution in [3.8, 4) is 0 Å².